The highest BCUT2D eigenvalue weighted by Crippen LogP contribution is 2.36. The van der Waals surface area contributed by atoms with Crippen LogP contribution in [0.15, 0.2) is 95.1 Å². The molecular weight excluding hydrogens is 516 g/mol. The number of aliphatic imine (C=N–C) groups is 1. The van der Waals surface area contributed by atoms with Crippen molar-refractivity contribution >= 4 is 12.5 Å². The Morgan fingerprint density at radius 2 is 1.55 bits per heavy atom. The second kappa shape index (κ2) is 13.7. The van der Waals surface area contributed by atoms with Gasteiger partial charge in [-0.15, -0.1) is 0 Å². The molecule has 7 heteroatoms. The van der Waals surface area contributed by atoms with Crippen LogP contribution in [-0.4, -0.2) is 30.5 Å². The van der Waals surface area contributed by atoms with E-state index in [1.165, 1.54) is 11.1 Å². The highest BCUT2D eigenvalue weighted by molar-refractivity contribution is 5.77. The molecule has 0 saturated heterocycles. The largest absolute Gasteiger partial charge is 0.416 e. The van der Waals surface area contributed by atoms with Gasteiger partial charge < -0.3 is 0 Å². The minimum Gasteiger partial charge on any atom is -0.298 e. The number of rotatable bonds is 7. The van der Waals surface area contributed by atoms with Gasteiger partial charge in [-0.25, -0.2) is 4.39 Å². The third kappa shape index (κ3) is 7.98. The van der Waals surface area contributed by atoms with Gasteiger partial charge in [-0.05, 0) is 36.6 Å². The third-order valence-electron chi connectivity index (χ3n) is 6.94. The average molecular weight is 553 g/mol. The van der Waals surface area contributed by atoms with Crippen molar-refractivity contribution in [1.82, 2.24) is 4.90 Å². The lowest BCUT2D eigenvalue weighted by atomic mass is 9.82. The number of hydrogen-bond acceptors (Lipinski definition) is 3. The number of benzene rings is 3. The Balaban J connectivity index is 0.000000249. The van der Waals surface area contributed by atoms with Crippen molar-refractivity contribution in [2.24, 2.45) is 10.4 Å². The SMILES string of the molecule is CC=NC1=C(C=O)CN(Cc2ccc(C(F)(F)F)cc2F)CC1(C)C.CCC(c1ccccc1)c1ccccc1. The molecule has 212 valence electrons. The minimum atomic E-state index is -4.58. The van der Waals surface area contributed by atoms with E-state index < -0.39 is 23.0 Å². The van der Waals surface area contributed by atoms with E-state index in [1.54, 1.807) is 13.1 Å². The van der Waals surface area contributed by atoms with Gasteiger partial charge in [0.25, 0.3) is 0 Å². The first-order valence-electron chi connectivity index (χ1n) is 13.4. The lowest BCUT2D eigenvalue weighted by Crippen LogP contribution is -2.41. The summed E-state index contributed by atoms with van der Waals surface area (Å²) in [6.07, 6.45) is -1.08. The molecule has 0 bridgehead atoms. The molecule has 0 fully saturated rings. The molecule has 40 heavy (non-hydrogen) atoms. The maximum absolute atomic E-state index is 14.1. The first-order valence-corrected chi connectivity index (χ1v) is 13.4. The van der Waals surface area contributed by atoms with E-state index in [9.17, 15) is 22.4 Å². The lowest BCUT2D eigenvalue weighted by molar-refractivity contribution is -0.137. The number of carbonyl (C=O) groups excluding carboxylic acids is 1. The van der Waals surface area contributed by atoms with Crippen LogP contribution in [0.25, 0.3) is 0 Å². The molecular formula is C33H36F4N2O. The zero-order valence-corrected chi connectivity index (χ0v) is 23.4. The van der Waals surface area contributed by atoms with Crippen LogP contribution in [0.2, 0.25) is 0 Å². The topological polar surface area (TPSA) is 32.7 Å². The molecule has 0 atom stereocenters. The molecule has 0 aliphatic carbocycles. The Hall–Kier alpha value is -3.58. The van der Waals surface area contributed by atoms with Crippen LogP contribution in [0.5, 0.6) is 0 Å². The number of carbonyl (C=O) groups is 1. The van der Waals surface area contributed by atoms with Crippen molar-refractivity contribution in [3.8, 4) is 0 Å². The number of aldehydes is 1. The summed E-state index contributed by atoms with van der Waals surface area (Å²) in [7, 11) is 0. The van der Waals surface area contributed by atoms with Gasteiger partial charge in [-0.1, -0.05) is 87.5 Å². The first-order chi connectivity index (χ1) is 19.0. The van der Waals surface area contributed by atoms with Crippen LogP contribution in [0.4, 0.5) is 17.6 Å². The van der Waals surface area contributed by atoms with Gasteiger partial charge in [0.2, 0.25) is 0 Å². The molecule has 0 spiro atoms. The van der Waals surface area contributed by atoms with Crippen LogP contribution < -0.4 is 0 Å². The van der Waals surface area contributed by atoms with Gasteiger partial charge in [0, 0.05) is 48.3 Å². The van der Waals surface area contributed by atoms with E-state index in [-0.39, 0.29) is 18.7 Å². The molecule has 4 rings (SSSR count). The van der Waals surface area contributed by atoms with E-state index >= 15 is 0 Å². The summed E-state index contributed by atoms with van der Waals surface area (Å²) in [5, 5.41) is 0. The third-order valence-corrected chi connectivity index (χ3v) is 6.94. The highest BCUT2D eigenvalue weighted by Gasteiger charge is 2.35. The fraction of sp³-hybridized carbons (Fsp3) is 0.333. The quantitative estimate of drug-likeness (QED) is 0.167. The van der Waals surface area contributed by atoms with Crippen LogP contribution in [0.1, 0.15) is 62.3 Å². The predicted molar refractivity (Wildman–Crippen MR) is 153 cm³/mol. The molecule has 1 aliphatic heterocycles. The van der Waals surface area contributed by atoms with Gasteiger partial charge in [0.15, 0.2) is 0 Å². The molecule has 0 radical (unpaired) electrons. The van der Waals surface area contributed by atoms with Crippen molar-refractivity contribution in [3.05, 3.63) is 118 Å². The van der Waals surface area contributed by atoms with E-state index in [0.717, 1.165) is 24.8 Å². The normalized spacial score (nSPS) is 15.7. The van der Waals surface area contributed by atoms with Gasteiger partial charge >= 0.3 is 6.18 Å². The molecule has 1 heterocycles. The Morgan fingerprint density at radius 1 is 0.975 bits per heavy atom. The zero-order valence-electron chi connectivity index (χ0n) is 23.4. The fourth-order valence-electron chi connectivity index (χ4n) is 5.16. The molecule has 1 aliphatic rings. The van der Waals surface area contributed by atoms with Crippen LogP contribution in [0, 0.1) is 11.2 Å². The number of hydrogen-bond donors (Lipinski definition) is 0. The Morgan fingerprint density at radius 3 is 2.00 bits per heavy atom. The van der Waals surface area contributed by atoms with Crippen molar-refractivity contribution in [2.75, 3.05) is 13.1 Å². The van der Waals surface area contributed by atoms with Gasteiger partial charge in [0.1, 0.15) is 12.1 Å². The number of nitrogens with zero attached hydrogens (tertiary/aromatic N) is 2. The summed E-state index contributed by atoms with van der Waals surface area (Å²) in [4.78, 5) is 17.5. The summed E-state index contributed by atoms with van der Waals surface area (Å²) in [5.74, 6) is -0.367. The van der Waals surface area contributed by atoms with Crippen LogP contribution >= 0.6 is 0 Å². The molecule has 3 nitrogen and oxygen atoms in total. The maximum atomic E-state index is 14.1. The van der Waals surface area contributed by atoms with Gasteiger partial charge in [-0.2, -0.15) is 13.2 Å². The Bertz CT molecular complexity index is 1280. The van der Waals surface area contributed by atoms with E-state index in [1.807, 2.05) is 18.7 Å². The number of alkyl halides is 3. The van der Waals surface area contributed by atoms with Crippen LogP contribution in [-0.2, 0) is 17.5 Å². The van der Waals surface area contributed by atoms with Gasteiger partial charge in [0.05, 0.1) is 11.3 Å². The van der Waals surface area contributed by atoms with E-state index in [0.29, 0.717) is 29.8 Å². The molecule has 0 N–H and O–H groups in total. The predicted octanol–water partition coefficient (Wildman–Crippen LogP) is 8.46. The fourth-order valence-corrected chi connectivity index (χ4v) is 5.16. The monoisotopic (exact) mass is 552 g/mol. The van der Waals surface area contributed by atoms with Crippen molar-refractivity contribution in [1.29, 1.82) is 0 Å². The molecule has 3 aromatic carbocycles. The summed E-state index contributed by atoms with van der Waals surface area (Å²) in [6, 6.07) is 24.0. The standard InChI is InChI=1S/C18H20F4N2O.C15H16/c1-4-23-16-13(10-25)9-24(11-17(16,2)3)8-12-5-6-14(7-15(12)19)18(20,21)22;1-2-15(13-9-5-3-6-10-13)14-11-7-4-8-12-14/h4-7,10H,8-9,11H2,1-3H3;3-12,15H,2H2,1H3. The average Bonchev–Trinajstić information content (AvgIpc) is 2.92. The van der Waals surface area contributed by atoms with E-state index in [4.69, 9.17) is 0 Å². The van der Waals surface area contributed by atoms with Crippen molar-refractivity contribution in [3.63, 3.8) is 0 Å². The summed E-state index contributed by atoms with van der Waals surface area (Å²) in [5.41, 5.74) is 2.73. The van der Waals surface area contributed by atoms with Gasteiger partial charge in [-0.3, -0.25) is 14.7 Å². The zero-order chi connectivity index (χ0) is 29.3. The summed E-state index contributed by atoms with van der Waals surface area (Å²) >= 11 is 0. The Labute approximate surface area is 234 Å². The van der Waals surface area contributed by atoms with Crippen molar-refractivity contribution < 1.29 is 22.4 Å². The van der Waals surface area contributed by atoms with Crippen molar-refractivity contribution in [2.45, 2.75) is 52.8 Å². The minimum absolute atomic E-state index is 0.119. The summed E-state index contributed by atoms with van der Waals surface area (Å²) < 4.78 is 52.0. The van der Waals surface area contributed by atoms with Crippen LogP contribution in [0.3, 0.4) is 0 Å². The number of halogens is 4. The summed E-state index contributed by atoms with van der Waals surface area (Å²) in [6.45, 7) is 8.76. The molecule has 0 aromatic heterocycles. The second-order valence-electron chi connectivity index (χ2n) is 10.5. The molecule has 0 saturated carbocycles. The second-order valence-corrected chi connectivity index (χ2v) is 10.5. The molecule has 3 aromatic rings. The Kier molecular flexibility index (Phi) is 10.6. The highest BCUT2D eigenvalue weighted by atomic mass is 19.4. The van der Waals surface area contributed by atoms with E-state index in [2.05, 4.69) is 72.6 Å². The maximum Gasteiger partial charge on any atom is 0.416 e. The first kappa shape index (κ1) is 31.0. The lowest BCUT2D eigenvalue weighted by Gasteiger charge is -2.38. The molecule has 0 amide bonds. The molecule has 0 unspecified atom stereocenters. The smallest absolute Gasteiger partial charge is 0.298 e.